The van der Waals surface area contributed by atoms with Crippen LogP contribution in [0.4, 0.5) is 0 Å². The van der Waals surface area contributed by atoms with Crippen molar-refractivity contribution in [1.82, 2.24) is 20.4 Å². The molecule has 6 heteroatoms. The second kappa shape index (κ2) is 6.15. The SMILES string of the molecule is CNC(=O)CNCc1cnn(CCO)c1. The molecule has 3 N–H and O–H groups in total. The number of amides is 1. The molecule has 0 spiro atoms. The predicted molar refractivity (Wildman–Crippen MR) is 55.1 cm³/mol. The highest BCUT2D eigenvalue weighted by atomic mass is 16.3. The van der Waals surface area contributed by atoms with E-state index in [1.165, 1.54) is 0 Å². The summed E-state index contributed by atoms with van der Waals surface area (Å²) in [6, 6.07) is 0. The summed E-state index contributed by atoms with van der Waals surface area (Å²) in [5.74, 6) is -0.0437. The average Bonchev–Trinajstić information content (AvgIpc) is 2.66. The number of rotatable bonds is 6. The molecule has 0 aliphatic heterocycles. The minimum absolute atomic E-state index is 0.0437. The number of aliphatic hydroxyl groups excluding tert-OH is 1. The lowest BCUT2D eigenvalue weighted by atomic mass is 10.3. The maximum absolute atomic E-state index is 10.9. The van der Waals surface area contributed by atoms with Crippen LogP contribution in [0.25, 0.3) is 0 Å². The first kappa shape index (κ1) is 11.7. The molecule has 15 heavy (non-hydrogen) atoms. The van der Waals surface area contributed by atoms with Crippen molar-refractivity contribution < 1.29 is 9.90 Å². The molecule has 0 atom stereocenters. The summed E-state index contributed by atoms with van der Waals surface area (Å²) in [6.45, 7) is 1.46. The van der Waals surface area contributed by atoms with Crippen LogP contribution in [0.2, 0.25) is 0 Å². The third-order valence-corrected chi connectivity index (χ3v) is 1.91. The number of carbonyl (C=O) groups excluding carboxylic acids is 1. The van der Waals surface area contributed by atoms with E-state index >= 15 is 0 Å². The van der Waals surface area contributed by atoms with Crippen LogP contribution in [0.5, 0.6) is 0 Å². The fourth-order valence-electron chi connectivity index (χ4n) is 1.13. The van der Waals surface area contributed by atoms with Gasteiger partial charge in [0, 0.05) is 25.4 Å². The van der Waals surface area contributed by atoms with Gasteiger partial charge in [-0.15, -0.1) is 0 Å². The Morgan fingerprint density at radius 1 is 1.67 bits per heavy atom. The van der Waals surface area contributed by atoms with Gasteiger partial charge in [-0.25, -0.2) is 0 Å². The predicted octanol–water partition coefficient (Wildman–Crippen LogP) is -1.29. The molecule has 6 nitrogen and oxygen atoms in total. The molecule has 0 aromatic carbocycles. The first-order chi connectivity index (χ1) is 7.26. The second-order valence-electron chi connectivity index (χ2n) is 3.11. The van der Waals surface area contributed by atoms with Gasteiger partial charge in [0.15, 0.2) is 0 Å². The van der Waals surface area contributed by atoms with Crippen molar-refractivity contribution in [3.8, 4) is 0 Å². The topological polar surface area (TPSA) is 79.2 Å². The van der Waals surface area contributed by atoms with E-state index in [4.69, 9.17) is 5.11 Å². The number of carbonyl (C=O) groups is 1. The Kier molecular flexibility index (Phi) is 4.79. The van der Waals surface area contributed by atoms with Gasteiger partial charge in [-0.05, 0) is 0 Å². The van der Waals surface area contributed by atoms with E-state index in [1.807, 2.05) is 6.20 Å². The molecular formula is C9H16N4O2. The molecule has 1 aromatic heterocycles. The molecule has 1 rings (SSSR count). The van der Waals surface area contributed by atoms with Gasteiger partial charge in [0.2, 0.25) is 5.91 Å². The first-order valence-corrected chi connectivity index (χ1v) is 4.79. The van der Waals surface area contributed by atoms with Crippen molar-refractivity contribution in [3.05, 3.63) is 18.0 Å². The van der Waals surface area contributed by atoms with Gasteiger partial charge in [-0.1, -0.05) is 0 Å². The number of hydrogen-bond donors (Lipinski definition) is 3. The van der Waals surface area contributed by atoms with Crippen molar-refractivity contribution in [2.24, 2.45) is 0 Å². The Morgan fingerprint density at radius 2 is 2.47 bits per heavy atom. The number of hydrogen-bond acceptors (Lipinski definition) is 4. The van der Waals surface area contributed by atoms with E-state index < -0.39 is 0 Å². The van der Waals surface area contributed by atoms with Gasteiger partial charge in [0.25, 0.3) is 0 Å². The highest BCUT2D eigenvalue weighted by Gasteiger charge is 1.99. The van der Waals surface area contributed by atoms with E-state index in [0.29, 0.717) is 19.6 Å². The molecule has 1 amide bonds. The van der Waals surface area contributed by atoms with Gasteiger partial charge in [-0.2, -0.15) is 5.10 Å². The van der Waals surface area contributed by atoms with E-state index in [1.54, 1.807) is 17.9 Å². The Balaban J connectivity index is 2.28. The van der Waals surface area contributed by atoms with Crippen LogP contribution in [-0.2, 0) is 17.9 Å². The lowest BCUT2D eigenvalue weighted by molar-refractivity contribution is -0.119. The van der Waals surface area contributed by atoms with Crippen LogP contribution >= 0.6 is 0 Å². The zero-order valence-corrected chi connectivity index (χ0v) is 8.73. The summed E-state index contributed by atoms with van der Waals surface area (Å²) >= 11 is 0. The lowest BCUT2D eigenvalue weighted by Crippen LogP contribution is -2.30. The molecule has 0 saturated carbocycles. The number of aromatic nitrogens is 2. The summed E-state index contributed by atoms with van der Waals surface area (Å²) in [7, 11) is 1.60. The Labute approximate surface area is 88.3 Å². The molecule has 0 aliphatic carbocycles. The minimum atomic E-state index is -0.0437. The van der Waals surface area contributed by atoms with Crippen LogP contribution < -0.4 is 10.6 Å². The summed E-state index contributed by atoms with van der Waals surface area (Å²) in [5.41, 5.74) is 0.993. The number of aliphatic hydroxyl groups is 1. The van der Waals surface area contributed by atoms with Crippen LogP contribution in [0.15, 0.2) is 12.4 Å². The monoisotopic (exact) mass is 212 g/mol. The zero-order valence-electron chi connectivity index (χ0n) is 8.73. The van der Waals surface area contributed by atoms with Gasteiger partial charge in [0.05, 0.1) is 25.9 Å². The van der Waals surface area contributed by atoms with E-state index in [-0.39, 0.29) is 12.5 Å². The Hall–Kier alpha value is -1.40. The van der Waals surface area contributed by atoms with Crippen LogP contribution in [-0.4, -0.2) is 41.0 Å². The normalized spacial score (nSPS) is 10.3. The van der Waals surface area contributed by atoms with Crippen molar-refractivity contribution in [3.63, 3.8) is 0 Å². The average molecular weight is 212 g/mol. The highest BCUT2D eigenvalue weighted by molar-refractivity contribution is 5.77. The second-order valence-corrected chi connectivity index (χ2v) is 3.11. The van der Waals surface area contributed by atoms with Crippen molar-refractivity contribution >= 4 is 5.91 Å². The first-order valence-electron chi connectivity index (χ1n) is 4.79. The van der Waals surface area contributed by atoms with Crippen molar-refractivity contribution in [1.29, 1.82) is 0 Å². The Bertz CT molecular complexity index is 311. The van der Waals surface area contributed by atoms with Crippen molar-refractivity contribution in [2.45, 2.75) is 13.1 Å². The Morgan fingerprint density at radius 3 is 3.13 bits per heavy atom. The maximum atomic E-state index is 10.9. The third kappa shape index (κ3) is 4.09. The largest absolute Gasteiger partial charge is 0.394 e. The van der Waals surface area contributed by atoms with Crippen LogP contribution in [0.3, 0.4) is 0 Å². The third-order valence-electron chi connectivity index (χ3n) is 1.91. The molecular weight excluding hydrogens is 196 g/mol. The fraction of sp³-hybridized carbons (Fsp3) is 0.556. The van der Waals surface area contributed by atoms with E-state index in [9.17, 15) is 4.79 Å². The quantitative estimate of drug-likeness (QED) is 0.548. The molecule has 0 unspecified atom stereocenters. The van der Waals surface area contributed by atoms with Gasteiger partial charge < -0.3 is 15.7 Å². The van der Waals surface area contributed by atoms with Crippen LogP contribution in [0.1, 0.15) is 5.56 Å². The smallest absolute Gasteiger partial charge is 0.233 e. The van der Waals surface area contributed by atoms with Gasteiger partial charge >= 0.3 is 0 Å². The molecule has 0 fully saturated rings. The minimum Gasteiger partial charge on any atom is -0.394 e. The molecule has 1 heterocycles. The number of likely N-dealkylation sites (N-methyl/N-ethyl adjacent to an activating group) is 1. The summed E-state index contributed by atoms with van der Waals surface area (Å²) in [6.07, 6.45) is 3.56. The van der Waals surface area contributed by atoms with Crippen molar-refractivity contribution in [2.75, 3.05) is 20.2 Å². The zero-order chi connectivity index (χ0) is 11.1. The van der Waals surface area contributed by atoms with E-state index in [2.05, 4.69) is 15.7 Å². The van der Waals surface area contributed by atoms with E-state index in [0.717, 1.165) is 5.56 Å². The highest BCUT2D eigenvalue weighted by Crippen LogP contribution is 1.96. The molecule has 0 radical (unpaired) electrons. The summed E-state index contributed by atoms with van der Waals surface area (Å²) < 4.78 is 1.66. The van der Waals surface area contributed by atoms with Crippen LogP contribution in [0, 0.1) is 0 Å². The standard InChI is InChI=1S/C9H16N4O2/c1-10-9(15)6-11-4-8-5-12-13(7-8)2-3-14/h5,7,11,14H,2-4,6H2,1H3,(H,10,15). The molecule has 84 valence electrons. The molecule has 0 saturated heterocycles. The maximum Gasteiger partial charge on any atom is 0.233 e. The van der Waals surface area contributed by atoms with Gasteiger partial charge in [0.1, 0.15) is 0 Å². The summed E-state index contributed by atoms with van der Waals surface area (Å²) in [4.78, 5) is 10.9. The number of nitrogens with zero attached hydrogens (tertiary/aromatic N) is 2. The summed E-state index contributed by atoms with van der Waals surface area (Å²) in [5, 5.41) is 18.2. The lowest BCUT2D eigenvalue weighted by Gasteiger charge is -2.01. The fourth-order valence-corrected chi connectivity index (χ4v) is 1.13. The number of nitrogens with one attached hydrogen (secondary N) is 2. The van der Waals surface area contributed by atoms with Gasteiger partial charge in [-0.3, -0.25) is 9.48 Å². The molecule has 0 aliphatic rings. The molecule has 1 aromatic rings. The molecule has 0 bridgehead atoms.